The van der Waals surface area contributed by atoms with Crippen molar-refractivity contribution in [3.8, 4) is 0 Å². The highest BCUT2D eigenvalue weighted by Crippen LogP contribution is 2.17. The van der Waals surface area contributed by atoms with Crippen molar-refractivity contribution in [3.63, 3.8) is 0 Å². The molecule has 1 saturated heterocycles. The molecule has 1 aliphatic heterocycles. The largest absolute Gasteiger partial charge is 0.374 e. The van der Waals surface area contributed by atoms with Gasteiger partial charge in [-0.15, -0.1) is 0 Å². The van der Waals surface area contributed by atoms with Gasteiger partial charge in [0, 0.05) is 12.1 Å². The molecule has 1 atom stereocenters. The highest BCUT2D eigenvalue weighted by atomic mass is 16.2. The number of anilines is 1. The van der Waals surface area contributed by atoms with Crippen LogP contribution in [0.15, 0.2) is 24.3 Å². The summed E-state index contributed by atoms with van der Waals surface area (Å²) in [6.07, 6.45) is 1.97. The number of hydrogen-bond donors (Lipinski definition) is 2. The quantitative estimate of drug-likeness (QED) is 0.815. The number of piperidine rings is 1. The van der Waals surface area contributed by atoms with Crippen molar-refractivity contribution in [1.82, 2.24) is 5.32 Å². The van der Waals surface area contributed by atoms with Gasteiger partial charge in [-0.05, 0) is 36.5 Å². The van der Waals surface area contributed by atoms with Crippen molar-refractivity contribution in [2.45, 2.75) is 39.2 Å². The minimum Gasteiger partial charge on any atom is -0.374 e. The van der Waals surface area contributed by atoms with Crippen LogP contribution in [0.3, 0.4) is 0 Å². The first-order valence-electron chi connectivity index (χ1n) is 6.74. The molecule has 0 bridgehead atoms. The van der Waals surface area contributed by atoms with E-state index in [4.69, 9.17) is 0 Å². The second-order valence-corrected chi connectivity index (χ2v) is 5.45. The Morgan fingerprint density at radius 3 is 2.84 bits per heavy atom. The third-order valence-corrected chi connectivity index (χ3v) is 3.15. The Hall–Kier alpha value is -1.84. The number of rotatable bonds is 4. The van der Waals surface area contributed by atoms with Crippen LogP contribution in [0.2, 0.25) is 0 Å². The van der Waals surface area contributed by atoms with Crippen LogP contribution in [-0.4, -0.2) is 17.9 Å². The number of imide groups is 1. The lowest BCUT2D eigenvalue weighted by Gasteiger charge is -2.23. The number of carbonyl (C=O) groups excluding carboxylic acids is 2. The average molecular weight is 260 g/mol. The summed E-state index contributed by atoms with van der Waals surface area (Å²) in [6, 6.07) is 7.80. The van der Waals surface area contributed by atoms with E-state index in [9.17, 15) is 9.59 Å². The Bertz CT molecular complexity index is 483. The summed E-state index contributed by atoms with van der Waals surface area (Å²) < 4.78 is 0. The van der Waals surface area contributed by atoms with Crippen molar-refractivity contribution < 1.29 is 9.59 Å². The number of benzene rings is 1. The van der Waals surface area contributed by atoms with E-state index in [-0.39, 0.29) is 17.9 Å². The van der Waals surface area contributed by atoms with Crippen molar-refractivity contribution in [2.75, 3.05) is 5.32 Å². The van der Waals surface area contributed by atoms with Crippen LogP contribution in [0, 0.1) is 5.92 Å². The first-order chi connectivity index (χ1) is 9.04. The van der Waals surface area contributed by atoms with E-state index in [1.165, 1.54) is 5.56 Å². The van der Waals surface area contributed by atoms with Crippen molar-refractivity contribution in [1.29, 1.82) is 0 Å². The maximum atomic E-state index is 11.7. The van der Waals surface area contributed by atoms with Gasteiger partial charge in [0.05, 0.1) is 0 Å². The average Bonchev–Trinajstić information content (AvgIpc) is 2.32. The lowest BCUT2D eigenvalue weighted by molar-refractivity contribution is -0.133. The topological polar surface area (TPSA) is 58.2 Å². The van der Waals surface area contributed by atoms with Crippen LogP contribution >= 0.6 is 0 Å². The predicted octanol–water partition coefficient (Wildman–Crippen LogP) is 2.10. The van der Waals surface area contributed by atoms with Crippen molar-refractivity contribution >= 4 is 17.5 Å². The Morgan fingerprint density at radius 1 is 1.37 bits per heavy atom. The zero-order chi connectivity index (χ0) is 13.8. The first kappa shape index (κ1) is 13.6. The second-order valence-electron chi connectivity index (χ2n) is 5.45. The molecular formula is C15H20N2O2. The Labute approximate surface area is 113 Å². The molecule has 1 fully saturated rings. The van der Waals surface area contributed by atoms with E-state index in [2.05, 4.69) is 36.6 Å². The minimum atomic E-state index is -0.313. The molecule has 4 nitrogen and oxygen atoms in total. The molecule has 1 unspecified atom stereocenters. The monoisotopic (exact) mass is 260 g/mol. The van der Waals surface area contributed by atoms with E-state index in [1.54, 1.807) is 0 Å². The van der Waals surface area contributed by atoms with Crippen LogP contribution in [-0.2, 0) is 16.0 Å². The molecule has 4 heteroatoms. The lowest BCUT2D eigenvalue weighted by Crippen LogP contribution is -2.47. The van der Waals surface area contributed by atoms with Crippen LogP contribution in [0.25, 0.3) is 0 Å². The van der Waals surface area contributed by atoms with Crippen LogP contribution < -0.4 is 10.6 Å². The highest BCUT2D eigenvalue weighted by Gasteiger charge is 2.26. The van der Waals surface area contributed by atoms with Gasteiger partial charge >= 0.3 is 0 Å². The number of carbonyl (C=O) groups is 2. The molecule has 2 rings (SSSR count). The molecule has 19 heavy (non-hydrogen) atoms. The summed E-state index contributed by atoms with van der Waals surface area (Å²) in [6.45, 7) is 4.36. The van der Waals surface area contributed by atoms with Gasteiger partial charge in [-0.2, -0.15) is 0 Å². The molecule has 1 heterocycles. The van der Waals surface area contributed by atoms with Crippen molar-refractivity contribution in [3.05, 3.63) is 29.8 Å². The number of nitrogens with one attached hydrogen (secondary N) is 2. The summed E-state index contributed by atoms with van der Waals surface area (Å²) >= 11 is 0. The standard InChI is InChI=1S/C15H20N2O2/c1-10(2)8-11-4-3-5-12(9-11)16-13-6-7-14(18)17-15(13)19/h3-5,9-10,13,16H,6-8H2,1-2H3,(H,17,18,19). The smallest absolute Gasteiger partial charge is 0.249 e. The Balaban J connectivity index is 2.02. The van der Waals surface area contributed by atoms with Gasteiger partial charge in [-0.3, -0.25) is 14.9 Å². The SMILES string of the molecule is CC(C)Cc1cccc(NC2CCC(=O)NC2=O)c1. The first-order valence-corrected chi connectivity index (χ1v) is 6.74. The zero-order valence-corrected chi connectivity index (χ0v) is 11.4. The third kappa shape index (κ3) is 3.81. The van der Waals surface area contributed by atoms with Gasteiger partial charge < -0.3 is 5.32 Å². The molecule has 0 aliphatic carbocycles. The van der Waals surface area contributed by atoms with Gasteiger partial charge in [0.1, 0.15) is 6.04 Å². The van der Waals surface area contributed by atoms with Gasteiger partial charge in [0.2, 0.25) is 11.8 Å². The van der Waals surface area contributed by atoms with E-state index < -0.39 is 0 Å². The molecule has 0 aromatic heterocycles. The lowest BCUT2D eigenvalue weighted by atomic mass is 10.0. The predicted molar refractivity (Wildman–Crippen MR) is 74.8 cm³/mol. The minimum absolute atomic E-state index is 0.184. The maximum absolute atomic E-state index is 11.7. The molecule has 2 N–H and O–H groups in total. The summed E-state index contributed by atoms with van der Waals surface area (Å²) in [7, 11) is 0. The number of amides is 2. The summed E-state index contributed by atoms with van der Waals surface area (Å²) in [5.74, 6) is 0.188. The molecular weight excluding hydrogens is 240 g/mol. The second kappa shape index (κ2) is 5.87. The highest BCUT2D eigenvalue weighted by molar-refractivity contribution is 6.01. The number of hydrogen-bond acceptors (Lipinski definition) is 3. The Morgan fingerprint density at radius 2 is 2.16 bits per heavy atom. The van der Waals surface area contributed by atoms with E-state index >= 15 is 0 Å². The van der Waals surface area contributed by atoms with Crippen LogP contribution in [0.1, 0.15) is 32.3 Å². The van der Waals surface area contributed by atoms with Crippen LogP contribution in [0.5, 0.6) is 0 Å². The molecule has 1 aromatic rings. The molecule has 0 radical (unpaired) electrons. The molecule has 102 valence electrons. The normalized spacial score (nSPS) is 19.4. The maximum Gasteiger partial charge on any atom is 0.249 e. The van der Waals surface area contributed by atoms with Gasteiger partial charge in [-0.1, -0.05) is 26.0 Å². The van der Waals surface area contributed by atoms with Gasteiger partial charge in [0.25, 0.3) is 0 Å². The molecule has 2 amide bonds. The summed E-state index contributed by atoms with van der Waals surface area (Å²) in [5.41, 5.74) is 2.19. The fourth-order valence-electron chi connectivity index (χ4n) is 2.29. The molecule has 1 aliphatic rings. The zero-order valence-electron chi connectivity index (χ0n) is 11.4. The summed E-state index contributed by atoms with van der Waals surface area (Å²) in [5, 5.41) is 5.56. The summed E-state index contributed by atoms with van der Waals surface area (Å²) in [4.78, 5) is 22.8. The fourth-order valence-corrected chi connectivity index (χ4v) is 2.29. The van der Waals surface area contributed by atoms with Crippen LogP contribution in [0.4, 0.5) is 5.69 Å². The molecule has 0 spiro atoms. The van der Waals surface area contributed by atoms with E-state index in [1.807, 2.05) is 12.1 Å². The third-order valence-electron chi connectivity index (χ3n) is 3.15. The molecule has 0 saturated carbocycles. The van der Waals surface area contributed by atoms with Gasteiger partial charge in [0.15, 0.2) is 0 Å². The van der Waals surface area contributed by atoms with E-state index in [0.717, 1.165) is 12.1 Å². The fraction of sp³-hybridized carbons (Fsp3) is 0.467. The van der Waals surface area contributed by atoms with Crippen molar-refractivity contribution in [2.24, 2.45) is 5.92 Å². The van der Waals surface area contributed by atoms with Gasteiger partial charge in [-0.25, -0.2) is 0 Å². The Kier molecular flexibility index (Phi) is 4.20. The molecule has 1 aromatic carbocycles. The van der Waals surface area contributed by atoms with E-state index in [0.29, 0.717) is 18.8 Å².